The number of primary amides is 1. The molecular weight excluding hydrogens is 1630 g/mol. The van der Waals surface area contributed by atoms with E-state index in [1.807, 2.05) is 0 Å². The zero-order chi connectivity index (χ0) is 87.8. The lowest BCUT2D eigenvalue weighted by molar-refractivity contribution is -0.398. The summed E-state index contributed by atoms with van der Waals surface area (Å²) in [6.07, 6.45) is -86.2. The molecule has 31 N–H and O–H groups in total. The molecule has 9 aliphatic heterocycles. The summed E-state index contributed by atoms with van der Waals surface area (Å²) < 4.78 is 102. The number of nitrogens with two attached hydrogens (primary N) is 1. The second kappa shape index (κ2) is 43.5. The van der Waals surface area contributed by atoms with Crippen LogP contribution in [-0.4, -0.2) is 500 Å². The molecule has 0 aliphatic carbocycles. The number of hydrogen-bond donors (Lipinski definition) is 30. The van der Waals surface area contributed by atoms with Gasteiger partial charge in [-0.15, -0.1) is 0 Å². The molecule has 53 nitrogen and oxygen atoms in total. The Hall–Kier alpha value is -4.66. The van der Waals surface area contributed by atoms with Crippen LogP contribution in [0.15, 0.2) is 0 Å². The lowest BCUT2D eigenvalue weighted by Crippen LogP contribution is -2.72. The Balaban J connectivity index is 1.06. The monoisotopic (exact) mass is 1740 g/mol. The predicted octanol–water partition coefficient (Wildman–Crippen LogP) is -21.0. The van der Waals surface area contributed by atoms with Gasteiger partial charge in [0.25, 0.3) is 0 Å². The number of ether oxygens (including phenoxy) is 17. The Labute approximate surface area is 673 Å². The summed E-state index contributed by atoms with van der Waals surface area (Å²) in [6.45, 7) is -6.25. The smallest absolute Gasteiger partial charge is 0.219 e. The molecule has 119 heavy (non-hydrogen) atoms. The summed E-state index contributed by atoms with van der Waals surface area (Å²) in [5.74, 6) is -4.68. The van der Waals surface area contributed by atoms with E-state index in [9.17, 15) is 151 Å². The fraction of sp³-hybridized carbons (Fsp3) is 0.909. The highest BCUT2D eigenvalue weighted by atomic mass is 16.8. The third-order valence-electron chi connectivity index (χ3n) is 21.4. The molecule has 0 aromatic heterocycles. The van der Waals surface area contributed by atoms with E-state index >= 15 is 0 Å². The van der Waals surface area contributed by atoms with Crippen molar-refractivity contribution >= 4 is 35.8 Å². The van der Waals surface area contributed by atoms with Gasteiger partial charge in [0.2, 0.25) is 29.5 Å². The summed E-state index contributed by atoms with van der Waals surface area (Å²) in [7, 11) is 0. The third kappa shape index (κ3) is 22.4. The van der Waals surface area contributed by atoms with Gasteiger partial charge < -0.3 is 235 Å². The predicted molar refractivity (Wildman–Crippen MR) is 368 cm³/mol. The van der Waals surface area contributed by atoms with Crippen LogP contribution in [0.4, 0.5) is 0 Å². The molecule has 9 aliphatic rings. The standard InChI is InChI=1S/C66H110N6O47/c1-16(82)68-31-40(92)51(25(11-78)104-58(31)72-20(6-73)5-30(67)86)113-59-32(69-17(2)83)41(93)54(28(14-81)109-59)116-64-50(102)55(117-66-57(47(99)38(90)24(10-77)108-66)119-61-34(71-19(4)85)43(95)53(27(13-80)111-61)115-63-49(101)45(97)36(88)22(8-75)106-63)39(91)29(112-64)15-103-65-56(46(98)37(89)23(9-76)107-65)118-60-33(70-18(3)84)42(94)52(26(12-79)110-60)114-62-48(100)44(96)35(87)21(7-74)105-62/h6,20-29,31-66,72,74-81,87-102H,5,7-15H2,1-4H3,(H2,67,86)(H,68,82)(H,69,83)(H,70,84)(H,71,85)/t20-,21?,22?,23?,24?,25?,26-,27?,28?,29?,31?,32?,33?,34?,35+,36+,37+,38+,39+,40-,41-,42?,43-,44+,45+,46+,47?,48?,49?,50?,51+,52-,53+,54+,55+,56?,57?,58-,59+,60-,61+,62+,63+,64+,65-,66+/m1/s1. The van der Waals surface area contributed by atoms with Gasteiger partial charge in [0.15, 0.2) is 50.3 Å². The minimum absolute atomic E-state index is 0.258. The first-order chi connectivity index (χ1) is 56.3. The van der Waals surface area contributed by atoms with Crippen molar-refractivity contribution in [2.45, 2.75) is 316 Å². The molecule has 9 heterocycles. The van der Waals surface area contributed by atoms with E-state index in [4.69, 9.17) is 86.3 Å². The molecule has 9 saturated heterocycles. The molecule has 9 fully saturated rings. The Kier molecular flexibility index (Phi) is 35.9. The van der Waals surface area contributed by atoms with Crippen LogP contribution in [0, 0.1) is 0 Å². The fourth-order valence-corrected chi connectivity index (χ4v) is 15.2. The van der Waals surface area contributed by atoms with Gasteiger partial charge in [-0.1, -0.05) is 0 Å². The second-order valence-corrected chi connectivity index (χ2v) is 29.8. The van der Waals surface area contributed by atoms with Gasteiger partial charge in [0, 0.05) is 34.1 Å². The molecule has 5 amide bonds. The first kappa shape index (κ1) is 98.1. The van der Waals surface area contributed by atoms with Gasteiger partial charge in [-0.25, -0.2) is 0 Å². The number of aliphatic hydroxyl groups excluding tert-OH is 24. The van der Waals surface area contributed by atoms with Gasteiger partial charge >= 0.3 is 0 Å². The minimum atomic E-state index is -2.61. The van der Waals surface area contributed by atoms with E-state index in [-0.39, 0.29) is 6.29 Å². The lowest BCUT2D eigenvalue weighted by Gasteiger charge is -2.51. The molecule has 19 unspecified atom stereocenters. The molecular formula is C66H110N6O47. The summed E-state index contributed by atoms with van der Waals surface area (Å²) in [5, 5.41) is 280. The quantitative estimate of drug-likeness (QED) is 0.0266. The molecule has 46 atom stereocenters. The van der Waals surface area contributed by atoms with E-state index in [0.29, 0.717) is 0 Å². The van der Waals surface area contributed by atoms with Crippen molar-refractivity contribution in [2.24, 2.45) is 5.73 Å². The highest BCUT2D eigenvalue weighted by Crippen LogP contribution is 2.40. The minimum Gasteiger partial charge on any atom is -0.394 e. The summed E-state index contributed by atoms with van der Waals surface area (Å²) >= 11 is 0. The first-order valence-electron chi connectivity index (χ1n) is 37.8. The lowest BCUT2D eigenvalue weighted by atomic mass is 9.93. The van der Waals surface area contributed by atoms with Crippen LogP contribution in [0.2, 0.25) is 0 Å². The molecule has 0 radical (unpaired) electrons. The number of hydrogen-bond acceptors (Lipinski definition) is 48. The molecule has 0 aromatic rings. The van der Waals surface area contributed by atoms with Crippen LogP contribution in [0.5, 0.6) is 0 Å². The number of carbonyl (C=O) groups is 6. The van der Waals surface area contributed by atoms with Crippen molar-refractivity contribution in [2.75, 3.05) is 59.5 Å². The van der Waals surface area contributed by atoms with Gasteiger partial charge in [-0.05, 0) is 0 Å². The molecule has 9 rings (SSSR count). The van der Waals surface area contributed by atoms with Crippen molar-refractivity contribution in [1.82, 2.24) is 26.6 Å². The molecule has 0 aromatic carbocycles. The van der Waals surface area contributed by atoms with Gasteiger partial charge in [-0.3, -0.25) is 29.3 Å². The number of rotatable bonds is 34. The first-order valence-corrected chi connectivity index (χ1v) is 37.8. The van der Waals surface area contributed by atoms with Gasteiger partial charge in [0.05, 0.1) is 71.5 Å². The van der Waals surface area contributed by atoms with Crippen molar-refractivity contribution in [3.63, 3.8) is 0 Å². The SMILES string of the molecule is CC(=O)NC1C(O)[C@H](O[C@@H]2OC(CO)[C@H](O)[C@H](O)C2O)[C@@H](CO)O[C@@H]1OC1[C@H](OCC2O[C@@H](O[C@H]3C(CO)O[C@@H](O[C@H]4C(CO)O[C@@H](N[C@@H](C=O)CC(N)=O)C(NC(C)=O)[C@H]4O)C(NC(C)=O)[C@H]3O)C(O)[C@@H](O[C@@H]3OC(CO)[C@H](O)C(O)C3O[C@@H]3OC(CO)[C@H](O[C@@H]4OC(CO)[C@H](O)[C@H](O)C4O)[C@H](O)C3NC(C)=O)[C@H]2O)OC(CO)[C@H](O)[C@@H]1O. The topological polar surface area (TPSA) is 831 Å². The summed E-state index contributed by atoms with van der Waals surface area (Å²) in [6, 6.07) is -8.90. The third-order valence-corrected chi connectivity index (χ3v) is 21.4. The Morgan fingerprint density at radius 1 is 0.303 bits per heavy atom. The van der Waals surface area contributed by atoms with Crippen LogP contribution in [0.3, 0.4) is 0 Å². The number of aldehydes is 1. The Morgan fingerprint density at radius 2 is 0.580 bits per heavy atom. The van der Waals surface area contributed by atoms with Crippen LogP contribution >= 0.6 is 0 Å². The molecule has 0 spiro atoms. The van der Waals surface area contributed by atoms with Crippen LogP contribution < -0.4 is 32.3 Å². The van der Waals surface area contributed by atoms with E-state index < -0.39 is 378 Å². The maximum absolute atomic E-state index is 13.2. The maximum atomic E-state index is 13.2. The number of nitrogens with one attached hydrogen (secondary N) is 5. The van der Waals surface area contributed by atoms with E-state index in [2.05, 4.69) is 26.6 Å². The largest absolute Gasteiger partial charge is 0.394 e. The van der Waals surface area contributed by atoms with Crippen LogP contribution in [0.25, 0.3) is 0 Å². The molecule has 686 valence electrons. The normalized spacial score (nSPS) is 46.9. The second-order valence-electron chi connectivity index (χ2n) is 29.8. The number of carbonyl (C=O) groups excluding carboxylic acids is 6. The Bertz CT molecular complexity index is 3230. The van der Waals surface area contributed by atoms with E-state index in [0.717, 1.165) is 27.7 Å². The average Bonchev–Trinajstić information content (AvgIpc) is 0.769. The van der Waals surface area contributed by atoms with E-state index in [1.165, 1.54) is 0 Å². The van der Waals surface area contributed by atoms with Crippen LogP contribution in [-0.2, 0) is 109 Å². The van der Waals surface area contributed by atoms with E-state index in [1.54, 1.807) is 0 Å². The average molecular weight is 1740 g/mol. The van der Waals surface area contributed by atoms with Crippen molar-refractivity contribution < 1.29 is 232 Å². The molecule has 0 saturated carbocycles. The molecule has 53 heteroatoms. The van der Waals surface area contributed by atoms with Gasteiger partial charge in [0.1, 0.15) is 226 Å². The Morgan fingerprint density at radius 3 is 0.933 bits per heavy atom. The highest BCUT2D eigenvalue weighted by Gasteiger charge is 2.61. The number of amides is 5. The van der Waals surface area contributed by atoms with Crippen molar-refractivity contribution in [3.8, 4) is 0 Å². The number of aliphatic hydroxyl groups is 24. The van der Waals surface area contributed by atoms with Gasteiger partial charge in [-0.2, -0.15) is 0 Å². The van der Waals surface area contributed by atoms with Crippen LogP contribution in [0.1, 0.15) is 34.1 Å². The summed E-state index contributed by atoms with van der Waals surface area (Å²) in [4.78, 5) is 75.5. The summed E-state index contributed by atoms with van der Waals surface area (Å²) in [5.41, 5.74) is 5.30. The van der Waals surface area contributed by atoms with Crippen molar-refractivity contribution in [3.05, 3.63) is 0 Å². The zero-order valence-electron chi connectivity index (χ0n) is 63.9. The fourth-order valence-electron chi connectivity index (χ4n) is 15.2. The highest BCUT2D eigenvalue weighted by molar-refractivity contribution is 5.79. The zero-order valence-corrected chi connectivity index (χ0v) is 63.9. The molecule has 0 bridgehead atoms. The maximum Gasteiger partial charge on any atom is 0.219 e. The van der Waals surface area contributed by atoms with Crippen molar-refractivity contribution in [1.29, 1.82) is 0 Å².